The summed E-state index contributed by atoms with van der Waals surface area (Å²) in [6.45, 7) is 1.94. The van der Waals surface area contributed by atoms with Crippen molar-refractivity contribution in [1.29, 1.82) is 0 Å². The smallest absolute Gasteiger partial charge is 0.335 e. The fourth-order valence-electron chi connectivity index (χ4n) is 4.58. The molecule has 0 saturated heterocycles. The molecule has 0 fully saturated rings. The van der Waals surface area contributed by atoms with Crippen molar-refractivity contribution in [3.05, 3.63) is 88.5 Å². The number of H-pyrrole nitrogens is 1. The van der Waals surface area contributed by atoms with Crippen molar-refractivity contribution < 1.29 is 24.6 Å². The molecule has 1 unspecified atom stereocenters. The third kappa shape index (κ3) is 4.24. The normalized spacial score (nSPS) is 15.3. The number of aromatic nitrogens is 3. The molecular weight excluding hydrogens is 462 g/mol. The number of nitrogens with zero attached hydrogens (tertiary/aromatic N) is 2. The number of carbonyl (C=O) groups is 3. The van der Waals surface area contributed by atoms with Crippen LogP contribution in [0.5, 0.6) is 0 Å². The maximum atomic E-state index is 13.2. The van der Waals surface area contributed by atoms with Crippen LogP contribution in [0.25, 0.3) is 11.0 Å². The highest BCUT2D eigenvalue weighted by Gasteiger charge is 2.27. The molecule has 0 saturated carbocycles. The van der Waals surface area contributed by atoms with Gasteiger partial charge in [-0.15, -0.1) is 0 Å². The minimum Gasteiger partial charge on any atom is -0.478 e. The molecule has 36 heavy (non-hydrogen) atoms. The molecule has 2 aromatic heterocycles. The standard InChI is InChI=1S/C26H23N5O5/c1-13(14-2-4-15(5-3-14)25(33)34)30-20-11-27-22-21(20)28-12-29-23(22)24(32)31-19-9-7-16-10-17(26(35)36)6-8-18(16)19/h2-6,8,10-13,19,27,30H,7,9H2,1H3,(H,31,32)(H,33,34)(H,35,36)/t13?,19-/m0/s1. The Balaban J connectivity index is 1.34. The van der Waals surface area contributed by atoms with Gasteiger partial charge in [0.05, 0.1) is 28.4 Å². The van der Waals surface area contributed by atoms with Crippen LogP contribution in [0.15, 0.2) is 55.0 Å². The van der Waals surface area contributed by atoms with Gasteiger partial charge in [-0.1, -0.05) is 18.2 Å². The first kappa shape index (κ1) is 23.0. The number of hydrogen-bond acceptors (Lipinski definition) is 6. The lowest BCUT2D eigenvalue weighted by Gasteiger charge is -2.15. The molecule has 2 atom stereocenters. The number of nitrogens with one attached hydrogen (secondary N) is 3. The second-order valence-electron chi connectivity index (χ2n) is 8.72. The molecule has 5 rings (SSSR count). The van der Waals surface area contributed by atoms with E-state index in [2.05, 4.69) is 25.6 Å². The second-order valence-corrected chi connectivity index (χ2v) is 8.72. The van der Waals surface area contributed by atoms with Gasteiger partial charge in [-0.3, -0.25) is 4.79 Å². The van der Waals surface area contributed by atoms with Crippen LogP contribution in [0.3, 0.4) is 0 Å². The predicted molar refractivity (Wildman–Crippen MR) is 131 cm³/mol. The van der Waals surface area contributed by atoms with E-state index in [4.69, 9.17) is 5.11 Å². The number of fused-ring (bicyclic) bond motifs is 2. The average Bonchev–Trinajstić information content (AvgIpc) is 3.47. The van der Waals surface area contributed by atoms with E-state index in [1.54, 1.807) is 48.7 Å². The van der Waals surface area contributed by atoms with Crippen molar-refractivity contribution in [2.24, 2.45) is 0 Å². The average molecular weight is 486 g/mol. The summed E-state index contributed by atoms with van der Waals surface area (Å²) in [5.74, 6) is -2.31. The van der Waals surface area contributed by atoms with Crippen molar-refractivity contribution in [1.82, 2.24) is 20.3 Å². The number of carbonyl (C=O) groups excluding carboxylic acids is 1. The van der Waals surface area contributed by atoms with Gasteiger partial charge in [-0.25, -0.2) is 19.6 Å². The molecule has 2 heterocycles. The molecule has 1 aliphatic carbocycles. The first-order valence-electron chi connectivity index (χ1n) is 11.4. The van der Waals surface area contributed by atoms with Crippen molar-refractivity contribution in [3.63, 3.8) is 0 Å². The van der Waals surface area contributed by atoms with Gasteiger partial charge in [-0.2, -0.15) is 0 Å². The quantitative estimate of drug-likeness (QED) is 0.263. The molecule has 0 aliphatic heterocycles. The number of benzene rings is 2. The van der Waals surface area contributed by atoms with E-state index < -0.39 is 11.9 Å². The molecule has 2 aromatic carbocycles. The Bertz CT molecular complexity index is 1490. The van der Waals surface area contributed by atoms with Gasteiger partial charge < -0.3 is 25.8 Å². The summed E-state index contributed by atoms with van der Waals surface area (Å²) >= 11 is 0. The Labute approximate surface area is 205 Å². The number of anilines is 1. The zero-order valence-electron chi connectivity index (χ0n) is 19.3. The van der Waals surface area contributed by atoms with Gasteiger partial charge in [-0.05, 0) is 60.7 Å². The van der Waals surface area contributed by atoms with Crippen LogP contribution in [-0.2, 0) is 6.42 Å². The summed E-state index contributed by atoms with van der Waals surface area (Å²) in [6, 6.07) is 11.2. The zero-order valence-corrected chi connectivity index (χ0v) is 19.3. The van der Waals surface area contributed by atoms with Gasteiger partial charge in [0, 0.05) is 12.2 Å². The summed E-state index contributed by atoms with van der Waals surface area (Å²) in [6.07, 6.45) is 4.41. The van der Waals surface area contributed by atoms with Gasteiger partial charge in [0.2, 0.25) is 0 Å². The Morgan fingerprint density at radius 2 is 1.75 bits per heavy atom. The molecule has 182 valence electrons. The number of aromatic amines is 1. The molecule has 4 aromatic rings. The molecule has 10 heteroatoms. The van der Waals surface area contributed by atoms with Gasteiger partial charge in [0.1, 0.15) is 11.8 Å². The number of hydrogen-bond donors (Lipinski definition) is 5. The lowest BCUT2D eigenvalue weighted by atomic mass is 10.0. The molecule has 1 amide bonds. The van der Waals surface area contributed by atoms with E-state index in [-0.39, 0.29) is 34.8 Å². The van der Waals surface area contributed by atoms with E-state index in [9.17, 15) is 19.5 Å². The van der Waals surface area contributed by atoms with Crippen LogP contribution in [0, 0.1) is 0 Å². The first-order chi connectivity index (χ1) is 17.3. The number of carboxylic acids is 2. The number of rotatable bonds is 7. The highest BCUT2D eigenvalue weighted by atomic mass is 16.4. The van der Waals surface area contributed by atoms with Crippen LogP contribution < -0.4 is 10.6 Å². The van der Waals surface area contributed by atoms with E-state index in [0.717, 1.165) is 16.7 Å². The maximum absolute atomic E-state index is 13.2. The van der Waals surface area contributed by atoms with Gasteiger partial charge >= 0.3 is 11.9 Å². The predicted octanol–water partition coefficient (Wildman–Crippen LogP) is 3.94. The van der Waals surface area contributed by atoms with E-state index in [1.807, 2.05) is 6.92 Å². The van der Waals surface area contributed by atoms with Crippen molar-refractivity contribution in [2.75, 3.05) is 5.32 Å². The lowest BCUT2D eigenvalue weighted by Crippen LogP contribution is -2.28. The summed E-state index contributed by atoms with van der Waals surface area (Å²) in [4.78, 5) is 47.1. The third-order valence-corrected chi connectivity index (χ3v) is 6.48. The largest absolute Gasteiger partial charge is 0.478 e. The summed E-state index contributed by atoms with van der Waals surface area (Å²) < 4.78 is 0. The monoisotopic (exact) mass is 485 g/mol. The van der Waals surface area contributed by atoms with Crippen LogP contribution in [0.2, 0.25) is 0 Å². The second kappa shape index (κ2) is 9.14. The first-order valence-corrected chi connectivity index (χ1v) is 11.4. The van der Waals surface area contributed by atoms with Crippen molar-refractivity contribution in [2.45, 2.75) is 31.8 Å². The topological polar surface area (TPSA) is 157 Å². The van der Waals surface area contributed by atoms with Crippen LogP contribution in [0.4, 0.5) is 5.69 Å². The van der Waals surface area contributed by atoms with Crippen LogP contribution >= 0.6 is 0 Å². The minimum atomic E-state index is -0.979. The molecule has 1 aliphatic rings. The van der Waals surface area contributed by atoms with E-state index >= 15 is 0 Å². The Morgan fingerprint density at radius 3 is 2.47 bits per heavy atom. The molecule has 0 bridgehead atoms. The number of aryl methyl sites for hydroxylation is 1. The molecule has 10 nitrogen and oxygen atoms in total. The summed E-state index contributed by atoms with van der Waals surface area (Å²) in [5, 5.41) is 24.7. The molecule has 0 radical (unpaired) electrons. The summed E-state index contributed by atoms with van der Waals surface area (Å²) in [5.41, 5.74) is 5.12. The Hall–Kier alpha value is -4.73. The van der Waals surface area contributed by atoms with E-state index in [1.165, 1.54) is 6.33 Å². The fraction of sp³-hybridized carbons (Fsp3) is 0.192. The van der Waals surface area contributed by atoms with Gasteiger partial charge in [0.25, 0.3) is 5.91 Å². The SMILES string of the molecule is CC(Nc1c[nH]c2c(C(=O)N[C@H]3CCc4cc(C(=O)O)ccc43)ncnc12)c1ccc(C(=O)O)cc1. The molecular formula is C26H23N5O5. The van der Waals surface area contributed by atoms with Crippen LogP contribution in [0.1, 0.15) is 73.3 Å². The van der Waals surface area contributed by atoms with E-state index in [0.29, 0.717) is 29.6 Å². The molecule has 0 spiro atoms. The van der Waals surface area contributed by atoms with Gasteiger partial charge in [0.15, 0.2) is 5.69 Å². The highest BCUT2D eigenvalue weighted by molar-refractivity contribution is 6.05. The zero-order chi connectivity index (χ0) is 25.4. The van der Waals surface area contributed by atoms with Crippen LogP contribution in [-0.4, -0.2) is 43.0 Å². The highest BCUT2D eigenvalue weighted by Crippen LogP contribution is 2.33. The molecule has 5 N–H and O–H groups in total. The fourth-order valence-corrected chi connectivity index (χ4v) is 4.58. The van der Waals surface area contributed by atoms with Crippen molar-refractivity contribution >= 4 is 34.6 Å². The number of amides is 1. The van der Waals surface area contributed by atoms with Crippen molar-refractivity contribution in [3.8, 4) is 0 Å². The third-order valence-electron chi connectivity index (χ3n) is 6.48. The maximum Gasteiger partial charge on any atom is 0.335 e. The lowest BCUT2D eigenvalue weighted by molar-refractivity contribution is 0.0686. The Morgan fingerprint density at radius 1 is 1.03 bits per heavy atom. The summed E-state index contributed by atoms with van der Waals surface area (Å²) in [7, 11) is 0. The number of aromatic carboxylic acids is 2. The Kier molecular flexibility index (Phi) is 5.85. The number of carboxylic acid groups (broad SMARTS) is 2. The minimum absolute atomic E-state index is 0.148.